The van der Waals surface area contributed by atoms with Crippen molar-refractivity contribution in [3.05, 3.63) is 46.3 Å². The van der Waals surface area contributed by atoms with Crippen LogP contribution in [0.3, 0.4) is 0 Å². The fraction of sp³-hybridized carbons (Fsp3) is 0.375. The van der Waals surface area contributed by atoms with Gasteiger partial charge in [-0.15, -0.1) is 0 Å². The first-order valence-electron chi connectivity index (χ1n) is 7.15. The predicted octanol–water partition coefficient (Wildman–Crippen LogP) is 2.26. The number of amides is 1. The van der Waals surface area contributed by atoms with Crippen molar-refractivity contribution in [3.8, 4) is 0 Å². The second-order valence-corrected chi connectivity index (χ2v) is 7.68. The van der Waals surface area contributed by atoms with Crippen LogP contribution in [0.2, 0.25) is 0 Å². The van der Waals surface area contributed by atoms with Crippen molar-refractivity contribution in [2.75, 3.05) is 10.6 Å². The van der Waals surface area contributed by atoms with Crippen molar-refractivity contribution in [1.29, 1.82) is 0 Å². The van der Waals surface area contributed by atoms with Crippen LogP contribution in [0.15, 0.2) is 18.2 Å². The number of sulfonamides is 1. The molecule has 2 rings (SSSR count). The molecule has 1 aromatic carbocycles. The van der Waals surface area contributed by atoms with E-state index in [9.17, 15) is 13.2 Å². The zero-order valence-electron chi connectivity index (χ0n) is 14.2. The Bertz CT molecular complexity index is 862. The van der Waals surface area contributed by atoms with Crippen molar-refractivity contribution >= 4 is 21.6 Å². The molecule has 0 N–H and O–H groups in total. The van der Waals surface area contributed by atoms with E-state index in [1.165, 1.54) is 0 Å². The van der Waals surface area contributed by atoms with Crippen molar-refractivity contribution < 1.29 is 13.2 Å². The first-order valence-corrected chi connectivity index (χ1v) is 9.00. The van der Waals surface area contributed by atoms with Crippen LogP contribution in [0.1, 0.15) is 32.9 Å². The molecule has 23 heavy (non-hydrogen) atoms. The molecule has 0 unspecified atom stereocenters. The van der Waals surface area contributed by atoms with Gasteiger partial charge in [0.25, 0.3) is 5.91 Å². The van der Waals surface area contributed by atoms with Crippen molar-refractivity contribution in [1.82, 2.24) is 9.78 Å². The fourth-order valence-corrected chi connectivity index (χ4v) is 3.69. The van der Waals surface area contributed by atoms with Crippen LogP contribution in [-0.4, -0.2) is 30.4 Å². The Balaban J connectivity index is 2.67. The number of hydrogen-bond donors (Lipinski definition) is 0. The van der Waals surface area contributed by atoms with Crippen molar-refractivity contribution in [3.63, 3.8) is 0 Å². The summed E-state index contributed by atoms with van der Waals surface area (Å²) in [6.45, 7) is 7.17. The first-order chi connectivity index (χ1) is 10.5. The molecule has 7 heteroatoms. The number of carbonyl (C=O) groups excluding carboxylic acids is 1. The maximum atomic E-state index is 12.9. The van der Waals surface area contributed by atoms with Crippen LogP contribution in [0.25, 0.3) is 0 Å². The van der Waals surface area contributed by atoms with E-state index in [4.69, 9.17) is 0 Å². The van der Waals surface area contributed by atoms with Gasteiger partial charge in [-0.1, -0.05) is 17.2 Å². The number of anilines is 1. The quantitative estimate of drug-likeness (QED) is 0.862. The van der Waals surface area contributed by atoms with Gasteiger partial charge >= 0.3 is 0 Å². The summed E-state index contributed by atoms with van der Waals surface area (Å²) in [5.74, 6) is -0.571. The number of rotatable bonds is 3. The van der Waals surface area contributed by atoms with E-state index in [2.05, 4.69) is 5.10 Å². The number of aromatic nitrogens is 2. The monoisotopic (exact) mass is 335 g/mol. The average molecular weight is 335 g/mol. The predicted molar refractivity (Wildman–Crippen MR) is 90.3 cm³/mol. The van der Waals surface area contributed by atoms with Gasteiger partial charge in [-0.2, -0.15) is 9.40 Å². The Labute approximate surface area is 136 Å². The summed E-state index contributed by atoms with van der Waals surface area (Å²) >= 11 is 0. The van der Waals surface area contributed by atoms with Gasteiger partial charge in [0.15, 0.2) is 0 Å². The van der Waals surface area contributed by atoms with E-state index in [1.807, 2.05) is 19.9 Å². The lowest BCUT2D eigenvalue weighted by atomic mass is 10.1. The van der Waals surface area contributed by atoms with Crippen LogP contribution < -0.4 is 4.31 Å². The molecule has 0 aliphatic rings. The third-order valence-corrected chi connectivity index (χ3v) is 4.67. The van der Waals surface area contributed by atoms with Crippen molar-refractivity contribution in [2.45, 2.75) is 27.7 Å². The minimum absolute atomic E-state index is 0.319. The molecule has 0 saturated carbocycles. The van der Waals surface area contributed by atoms with E-state index >= 15 is 0 Å². The van der Waals surface area contributed by atoms with Gasteiger partial charge < -0.3 is 0 Å². The molecule has 0 bridgehead atoms. The van der Waals surface area contributed by atoms with Gasteiger partial charge in [-0.05, 0) is 39.8 Å². The lowest BCUT2D eigenvalue weighted by Gasteiger charge is -2.21. The Morgan fingerprint density at radius 3 is 2.00 bits per heavy atom. The van der Waals surface area contributed by atoms with E-state index < -0.39 is 15.9 Å². The van der Waals surface area contributed by atoms with Crippen LogP contribution >= 0.6 is 0 Å². The molecule has 0 aliphatic heterocycles. The molecule has 1 amide bonds. The first kappa shape index (κ1) is 17.2. The zero-order valence-corrected chi connectivity index (χ0v) is 15.0. The van der Waals surface area contributed by atoms with Gasteiger partial charge in [0.2, 0.25) is 10.0 Å². The Morgan fingerprint density at radius 2 is 1.61 bits per heavy atom. The van der Waals surface area contributed by atoms with Gasteiger partial charge in [0.05, 0.1) is 17.6 Å². The van der Waals surface area contributed by atoms with Gasteiger partial charge in [0, 0.05) is 12.6 Å². The van der Waals surface area contributed by atoms with E-state index in [-0.39, 0.29) is 0 Å². The molecule has 6 nitrogen and oxygen atoms in total. The molecule has 1 aromatic heterocycles. The smallest absolute Gasteiger partial charge is 0.270 e. The second kappa shape index (κ2) is 5.81. The lowest BCUT2D eigenvalue weighted by molar-refractivity contribution is 0.100. The lowest BCUT2D eigenvalue weighted by Crippen LogP contribution is -2.37. The van der Waals surface area contributed by atoms with Crippen LogP contribution in [0.5, 0.6) is 0 Å². The summed E-state index contributed by atoms with van der Waals surface area (Å²) in [7, 11) is -2.08. The summed E-state index contributed by atoms with van der Waals surface area (Å²) in [6.07, 6.45) is 1.03. The summed E-state index contributed by atoms with van der Waals surface area (Å²) in [5, 5.41) is 4.21. The van der Waals surface area contributed by atoms with E-state index in [0.717, 1.165) is 21.7 Å². The summed E-state index contributed by atoms with van der Waals surface area (Å²) in [4.78, 5) is 12.9. The molecule has 2 aromatic rings. The second-order valence-electron chi connectivity index (χ2n) is 5.85. The topological polar surface area (TPSA) is 72.3 Å². The van der Waals surface area contributed by atoms with E-state index in [1.54, 1.807) is 37.7 Å². The largest absolute Gasteiger partial charge is 0.272 e. The average Bonchev–Trinajstić information content (AvgIpc) is 2.63. The van der Waals surface area contributed by atoms with Gasteiger partial charge in [0.1, 0.15) is 5.69 Å². The number of aryl methyl sites for hydroxylation is 4. The highest BCUT2D eigenvalue weighted by Gasteiger charge is 2.31. The van der Waals surface area contributed by atoms with E-state index in [0.29, 0.717) is 22.6 Å². The van der Waals surface area contributed by atoms with Crippen molar-refractivity contribution in [2.24, 2.45) is 7.05 Å². The van der Waals surface area contributed by atoms with Crippen LogP contribution in [0.4, 0.5) is 5.69 Å². The number of benzene rings is 1. The molecular formula is C16H21N3O3S. The SMILES string of the molecule is Cc1cc(C)cc(C(=O)N(c2c(C)nn(C)c2C)S(C)(=O)=O)c1. The third kappa shape index (κ3) is 3.29. The van der Waals surface area contributed by atoms with Gasteiger partial charge in [-0.25, -0.2) is 8.42 Å². The fourth-order valence-electron chi connectivity index (χ4n) is 2.69. The molecule has 0 saturated heterocycles. The third-order valence-electron chi connectivity index (χ3n) is 3.66. The van der Waals surface area contributed by atoms with Crippen LogP contribution in [-0.2, 0) is 17.1 Å². The zero-order chi connectivity index (χ0) is 17.5. The number of hydrogen-bond acceptors (Lipinski definition) is 4. The van der Waals surface area contributed by atoms with Crippen LogP contribution in [0, 0.1) is 27.7 Å². The molecule has 124 valence electrons. The highest BCUT2D eigenvalue weighted by atomic mass is 32.2. The minimum Gasteiger partial charge on any atom is -0.270 e. The number of carbonyl (C=O) groups is 1. The molecule has 0 spiro atoms. The maximum absolute atomic E-state index is 12.9. The van der Waals surface area contributed by atoms with Gasteiger partial charge in [-0.3, -0.25) is 9.48 Å². The molecule has 0 radical (unpaired) electrons. The normalized spacial score (nSPS) is 11.6. The Hall–Kier alpha value is -2.15. The molecule has 0 aliphatic carbocycles. The molecule has 0 fully saturated rings. The Morgan fingerprint density at radius 1 is 1.09 bits per heavy atom. The highest BCUT2D eigenvalue weighted by Crippen LogP contribution is 2.28. The maximum Gasteiger partial charge on any atom is 0.272 e. The highest BCUT2D eigenvalue weighted by molar-refractivity contribution is 7.92. The standard InChI is InChI=1S/C16H21N3O3S/c1-10-7-11(2)9-14(8-10)16(20)19(23(6,21)22)15-12(3)17-18(5)13(15)4/h7-9H,1-6H3. The molecule has 0 atom stereocenters. The minimum atomic E-state index is -3.79. The molecular weight excluding hydrogens is 314 g/mol. The molecule has 1 heterocycles. The summed E-state index contributed by atoms with van der Waals surface area (Å²) in [5.41, 5.74) is 3.58. The Kier molecular flexibility index (Phi) is 4.34. The number of nitrogens with zero attached hydrogens (tertiary/aromatic N) is 3. The summed E-state index contributed by atoms with van der Waals surface area (Å²) < 4.78 is 27.0. The summed E-state index contributed by atoms with van der Waals surface area (Å²) in [6, 6.07) is 5.31.